The summed E-state index contributed by atoms with van der Waals surface area (Å²) in [5, 5.41) is 2.64. The van der Waals surface area contributed by atoms with Crippen LogP contribution in [0.2, 0.25) is 0 Å². The number of carbonyl (C=O) groups excluding carboxylic acids is 6. The molecule has 47 heavy (non-hydrogen) atoms. The molecule has 1 amide bonds. The van der Waals surface area contributed by atoms with Crippen molar-refractivity contribution >= 4 is 35.8 Å². The maximum Gasteiger partial charge on any atom is 0.373 e. The van der Waals surface area contributed by atoms with Crippen molar-refractivity contribution in [2.24, 2.45) is 0 Å². The zero-order valence-corrected chi connectivity index (χ0v) is 27.6. The Morgan fingerprint density at radius 1 is 0.830 bits per heavy atom. The van der Waals surface area contributed by atoms with E-state index < -0.39 is 78.6 Å². The Kier molecular flexibility index (Phi) is 14.7. The van der Waals surface area contributed by atoms with Gasteiger partial charge in [-0.25, -0.2) is 4.79 Å². The number of amides is 1. The summed E-state index contributed by atoms with van der Waals surface area (Å²) >= 11 is 0. The van der Waals surface area contributed by atoms with Gasteiger partial charge in [-0.2, -0.15) is 0 Å². The first-order valence-electron chi connectivity index (χ1n) is 14.5. The maximum absolute atomic E-state index is 13.1. The van der Waals surface area contributed by atoms with Gasteiger partial charge in [0, 0.05) is 40.2 Å². The normalized spacial score (nSPS) is 18.6. The second kappa shape index (κ2) is 18.2. The van der Waals surface area contributed by atoms with Gasteiger partial charge < -0.3 is 43.2 Å². The molecule has 0 saturated carbocycles. The molecule has 1 aliphatic rings. The summed E-state index contributed by atoms with van der Waals surface area (Å²) in [5.74, 6) is -4.07. The molecule has 15 nitrogen and oxygen atoms in total. The fourth-order valence-electron chi connectivity index (χ4n) is 4.86. The van der Waals surface area contributed by atoms with Crippen LogP contribution in [0.3, 0.4) is 0 Å². The van der Waals surface area contributed by atoms with Gasteiger partial charge in [0.25, 0.3) is 0 Å². The molecular weight excluding hydrogens is 622 g/mol. The van der Waals surface area contributed by atoms with Gasteiger partial charge in [0.15, 0.2) is 35.9 Å². The summed E-state index contributed by atoms with van der Waals surface area (Å²) in [4.78, 5) is 74.0. The highest BCUT2D eigenvalue weighted by Crippen LogP contribution is 2.35. The van der Waals surface area contributed by atoms with E-state index in [2.05, 4.69) is 5.32 Å². The first kappa shape index (κ1) is 38.1. The molecule has 0 radical (unpaired) electrons. The Morgan fingerprint density at radius 3 is 2.00 bits per heavy atom. The minimum absolute atomic E-state index is 0.0163. The van der Waals surface area contributed by atoms with Crippen molar-refractivity contribution in [1.82, 2.24) is 5.32 Å². The van der Waals surface area contributed by atoms with E-state index in [4.69, 9.17) is 37.9 Å². The van der Waals surface area contributed by atoms with E-state index >= 15 is 0 Å². The summed E-state index contributed by atoms with van der Waals surface area (Å²) in [6.45, 7) is 4.99. The fourth-order valence-corrected chi connectivity index (χ4v) is 4.86. The topological polar surface area (TPSA) is 188 Å². The van der Waals surface area contributed by atoms with Crippen LogP contribution in [0.25, 0.3) is 0 Å². The highest BCUT2D eigenvalue weighted by atomic mass is 16.6. The van der Waals surface area contributed by atoms with Crippen LogP contribution in [-0.4, -0.2) is 94.1 Å². The third-order valence-electron chi connectivity index (χ3n) is 6.67. The maximum atomic E-state index is 13.1. The number of carbonyl (C=O) groups is 6. The lowest BCUT2D eigenvalue weighted by Gasteiger charge is -2.43. The first-order chi connectivity index (χ1) is 22.2. The number of esters is 5. The molecular formula is C32H41NO14. The number of methoxy groups -OCH3 is 3. The molecule has 0 bridgehead atoms. The first-order valence-corrected chi connectivity index (χ1v) is 14.5. The van der Waals surface area contributed by atoms with Gasteiger partial charge in [0.05, 0.1) is 21.3 Å². The molecule has 2 rings (SSSR count). The quantitative estimate of drug-likeness (QED) is 0.163. The molecule has 1 N–H and O–H groups in total. The van der Waals surface area contributed by atoms with Crippen molar-refractivity contribution in [2.75, 3.05) is 27.9 Å². The number of hydrogen-bond donors (Lipinski definition) is 1. The highest BCUT2D eigenvalue weighted by molar-refractivity contribution is 5.88. The van der Waals surface area contributed by atoms with Gasteiger partial charge in [0.2, 0.25) is 11.7 Å². The average molecular weight is 664 g/mol. The molecule has 1 heterocycles. The molecule has 15 heteroatoms. The van der Waals surface area contributed by atoms with Gasteiger partial charge in [0.1, 0.15) is 12.6 Å². The third kappa shape index (κ3) is 11.3. The van der Waals surface area contributed by atoms with E-state index in [0.717, 1.165) is 40.4 Å². The smallest absolute Gasteiger partial charge is 0.373 e. The summed E-state index contributed by atoms with van der Waals surface area (Å²) in [5.41, 5.74) is 0.999. The van der Waals surface area contributed by atoms with E-state index in [1.165, 1.54) is 21.1 Å². The summed E-state index contributed by atoms with van der Waals surface area (Å²) in [6.07, 6.45) is -2.03. The molecule has 1 aromatic carbocycles. The molecule has 0 unspecified atom stereocenters. The molecule has 0 saturated heterocycles. The van der Waals surface area contributed by atoms with Crippen molar-refractivity contribution in [1.29, 1.82) is 0 Å². The Hall–Kier alpha value is -5.08. The lowest BCUT2D eigenvalue weighted by Crippen LogP contribution is -2.63. The predicted molar refractivity (Wildman–Crippen MR) is 162 cm³/mol. The molecule has 1 aromatic rings. The SMILES string of the molecule is COC(=O)C1=C(C/C=C/Cc2ccc(OC)c(OC)c2)[C@H](OC(C)=O)[C@@H](NC(C)=O)[C@H]([C@H](OC(C)=O)[C@@H](COC(C)=O)OC(C)=O)O1. The molecule has 0 aliphatic carbocycles. The minimum atomic E-state index is -1.59. The van der Waals surface area contributed by atoms with E-state index in [1.54, 1.807) is 24.3 Å². The number of allylic oxidation sites excluding steroid dienone is 2. The Balaban J connectivity index is 2.67. The second-order valence-electron chi connectivity index (χ2n) is 10.3. The van der Waals surface area contributed by atoms with Crippen LogP contribution in [0.15, 0.2) is 41.7 Å². The minimum Gasteiger partial charge on any atom is -0.493 e. The van der Waals surface area contributed by atoms with E-state index in [-0.39, 0.29) is 12.0 Å². The summed E-state index contributed by atoms with van der Waals surface area (Å²) in [6, 6.07) is 4.10. The van der Waals surface area contributed by atoms with Crippen molar-refractivity contribution in [2.45, 2.75) is 77.9 Å². The van der Waals surface area contributed by atoms with E-state index in [9.17, 15) is 28.8 Å². The fraction of sp³-hybridized carbons (Fsp3) is 0.500. The van der Waals surface area contributed by atoms with Crippen LogP contribution >= 0.6 is 0 Å². The number of hydrogen-bond acceptors (Lipinski definition) is 14. The summed E-state index contributed by atoms with van der Waals surface area (Å²) < 4.78 is 43.2. The van der Waals surface area contributed by atoms with Gasteiger partial charge in [-0.1, -0.05) is 18.2 Å². The van der Waals surface area contributed by atoms with Crippen LogP contribution in [0.1, 0.15) is 46.6 Å². The van der Waals surface area contributed by atoms with Crippen LogP contribution in [0.4, 0.5) is 0 Å². The monoisotopic (exact) mass is 663 g/mol. The molecule has 1 aliphatic heterocycles. The Labute approximate surface area is 272 Å². The molecule has 258 valence electrons. The lowest BCUT2D eigenvalue weighted by atomic mass is 9.87. The zero-order chi connectivity index (χ0) is 35.3. The molecule has 0 aromatic heterocycles. The van der Waals surface area contributed by atoms with Crippen molar-refractivity contribution in [3.63, 3.8) is 0 Å². The van der Waals surface area contributed by atoms with Crippen LogP contribution < -0.4 is 14.8 Å². The van der Waals surface area contributed by atoms with Crippen LogP contribution in [0, 0.1) is 0 Å². The number of rotatable bonds is 15. The molecule has 0 fully saturated rings. The standard InChI is InChI=1S/C32H41NO14/c1-17(34)33-27-28(45-20(4)37)23(12-10-9-11-22-13-14-24(40-6)25(15-22)41-7)29(32(39)42-8)47-31(27)30(46-21(5)38)26(44-19(3)36)16-43-18(2)35/h9-10,13-15,26-28,30-31H,11-12,16H2,1-8H3,(H,33,34)/b10-9+/t26-,27-,28+,30-,31-/m1/s1. The Morgan fingerprint density at radius 2 is 1.47 bits per heavy atom. The lowest BCUT2D eigenvalue weighted by molar-refractivity contribution is -0.192. The largest absolute Gasteiger partial charge is 0.493 e. The van der Waals surface area contributed by atoms with E-state index in [1.807, 2.05) is 6.07 Å². The van der Waals surface area contributed by atoms with Gasteiger partial charge in [-0.3, -0.25) is 24.0 Å². The molecule has 5 atom stereocenters. The van der Waals surface area contributed by atoms with Gasteiger partial charge >= 0.3 is 29.8 Å². The van der Waals surface area contributed by atoms with Crippen LogP contribution in [0.5, 0.6) is 11.5 Å². The van der Waals surface area contributed by atoms with Crippen molar-refractivity contribution in [3.05, 3.63) is 47.2 Å². The summed E-state index contributed by atoms with van der Waals surface area (Å²) in [7, 11) is 4.15. The van der Waals surface area contributed by atoms with Gasteiger partial charge in [-0.15, -0.1) is 0 Å². The average Bonchev–Trinajstić information content (AvgIpc) is 3.00. The van der Waals surface area contributed by atoms with Crippen LogP contribution in [-0.2, 0) is 63.6 Å². The zero-order valence-electron chi connectivity index (χ0n) is 27.6. The van der Waals surface area contributed by atoms with Crippen molar-refractivity contribution in [3.8, 4) is 11.5 Å². The number of benzene rings is 1. The van der Waals surface area contributed by atoms with E-state index in [0.29, 0.717) is 17.9 Å². The van der Waals surface area contributed by atoms with Gasteiger partial charge in [-0.05, 0) is 30.5 Å². The second-order valence-corrected chi connectivity index (χ2v) is 10.3. The van der Waals surface area contributed by atoms with Crippen molar-refractivity contribution < 1.29 is 66.7 Å². The third-order valence-corrected chi connectivity index (χ3v) is 6.67. The number of nitrogens with one attached hydrogen (secondary N) is 1. The predicted octanol–water partition coefficient (Wildman–Crippen LogP) is 1.88. The molecule has 0 spiro atoms. The number of ether oxygens (including phenoxy) is 8. The Bertz CT molecular complexity index is 1380. The highest BCUT2D eigenvalue weighted by Gasteiger charge is 2.51.